The van der Waals surface area contributed by atoms with Gasteiger partial charge in [0.1, 0.15) is 5.82 Å². The Morgan fingerprint density at radius 3 is 2.79 bits per heavy atom. The zero-order chi connectivity index (χ0) is 10.1. The monoisotopic (exact) mass is 193 g/mol. The summed E-state index contributed by atoms with van der Waals surface area (Å²) in [4.78, 5) is 10.9. The van der Waals surface area contributed by atoms with Gasteiger partial charge in [-0.05, 0) is 36.8 Å². The number of carbonyl (C=O) groups excluding carboxylic acids is 1. The maximum absolute atomic E-state index is 13.6. The first-order valence-corrected chi connectivity index (χ1v) is 4.75. The summed E-state index contributed by atoms with van der Waals surface area (Å²) in [5.74, 6) is -0.528. The Morgan fingerprint density at radius 2 is 2.21 bits per heavy atom. The van der Waals surface area contributed by atoms with Crippen LogP contribution < -0.4 is 5.73 Å². The van der Waals surface area contributed by atoms with E-state index in [1.807, 2.05) is 0 Å². The van der Waals surface area contributed by atoms with Crippen LogP contribution in [0.1, 0.15) is 28.8 Å². The average Bonchev–Trinajstić information content (AvgIpc) is 2.92. The van der Waals surface area contributed by atoms with Crippen molar-refractivity contribution in [3.8, 4) is 0 Å². The van der Waals surface area contributed by atoms with Crippen molar-refractivity contribution < 1.29 is 9.18 Å². The highest BCUT2D eigenvalue weighted by molar-refractivity contribution is 5.93. The summed E-state index contributed by atoms with van der Waals surface area (Å²) in [6, 6.07) is 4.83. The fourth-order valence-electron chi connectivity index (χ4n) is 1.56. The highest BCUT2D eigenvalue weighted by atomic mass is 19.1. The predicted octanol–water partition coefficient (Wildman–Crippen LogP) is 1.88. The molecule has 1 aromatic rings. The zero-order valence-corrected chi connectivity index (χ0v) is 7.79. The molecule has 14 heavy (non-hydrogen) atoms. The topological polar surface area (TPSA) is 43.1 Å². The molecule has 1 amide bonds. The van der Waals surface area contributed by atoms with Crippen molar-refractivity contribution >= 4 is 5.91 Å². The molecule has 74 valence electrons. The van der Waals surface area contributed by atoms with Gasteiger partial charge in [0.05, 0.1) is 5.56 Å². The Balaban J connectivity index is 2.30. The van der Waals surface area contributed by atoms with Gasteiger partial charge >= 0.3 is 0 Å². The van der Waals surface area contributed by atoms with Crippen molar-refractivity contribution in [3.05, 3.63) is 35.1 Å². The highest BCUT2D eigenvalue weighted by Crippen LogP contribution is 2.33. The molecule has 0 atom stereocenters. The molecule has 0 aliphatic heterocycles. The van der Waals surface area contributed by atoms with Gasteiger partial charge in [-0.2, -0.15) is 0 Å². The van der Waals surface area contributed by atoms with Gasteiger partial charge in [-0.15, -0.1) is 0 Å². The second kappa shape index (κ2) is 3.40. The Kier molecular flexibility index (Phi) is 2.23. The predicted molar refractivity (Wildman–Crippen MR) is 51.3 cm³/mol. The Morgan fingerprint density at radius 1 is 1.50 bits per heavy atom. The number of rotatable bonds is 3. The summed E-state index contributed by atoms with van der Waals surface area (Å²) < 4.78 is 13.6. The van der Waals surface area contributed by atoms with Gasteiger partial charge in [0.25, 0.3) is 5.91 Å². The number of primary amides is 1. The lowest BCUT2D eigenvalue weighted by Gasteiger charge is -2.04. The van der Waals surface area contributed by atoms with Crippen molar-refractivity contribution in [1.29, 1.82) is 0 Å². The van der Waals surface area contributed by atoms with E-state index in [1.54, 1.807) is 12.1 Å². The minimum absolute atomic E-state index is 0.00292. The van der Waals surface area contributed by atoms with E-state index in [4.69, 9.17) is 5.73 Å². The van der Waals surface area contributed by atoms with Crippen LogP contribution in [-0.2, 0) is 6.42 Å². The summed E-state index contributed by atoms with van der Waals surface area (Å²) >= 11 is 0. The van der Waals surface area contributed by atoms with Crippen molar-refractivity contribution in [1.82, 2.24) is 0 Å². The zero-order valence-electron chi connectivity index (χ0n) is 7.79. The van der Waals surface area contributed by atoms with Crippen LogP contribution >= 0.6 is 0 Å². The van der Waals surface area contributed by atoms with Gasteiger partial charge in [0.15, 0.2) is 0 Å². The summed E-state index contributed by atoms with van der Waals surface area (Å²) in [5, 5.41) is 0. The number of carbonyl (C=O) groups is 1. The quantitative estimate of drug-likeness (QED) is 0.782. The molecule has 0 saturated heterocycles. The summed E-state index contributed by atoms with van der Waals surface area (Å²) in [6.45, 7) is 0. The van der Waals surface area contributed by atoms with E-state index in [0.717, 1.165) is 6.42 Å². The first kappa shape index (κ1) is 9.19. The molecule has 3 heteroatoms. The Hall–Kier alpha value is -1.38. The second-order valence-electron chi connectivity index (χ2n) is 3.79. The first-order chi connectivity index (χ1) is 6.68. The maximum atomic E-state index is 13.6. The third-order valence-electron chi connectivity index (χ3n) is 2.55. The molecule has 1 aliphatic carbocycles. The molecule has 1 aliphatic rings. The molecule has 0 bridgehead atoms. The Labute approximate surface area is 81.9 Å². The van der Waals surface area contributed by atoms with Crippen LogP contribution in [0.5, 0.6) is 0 Å². The first-order valence-electron chi connectivity index (χ1n) is 4.75. The van der Waals surface area contributed by atoms with Gasteiger partial charge in [-0.1, -0.05) is 12.1 Å². The molecule has 0 aromatic heterocycles. The van der Waals surface area contributed by atoms with Crippen LogP contribution in [0.2, 0.25) is 0 Å². The van der Waals surface area contributed by atoms with Crippen LogP contribution in [-0.4, -0.2) is 5.91 Å². The van der Waals surface area contributed by atoms with E-state index in [9.17, 15) is 9.18 Å². The minimum Gasteiger partial charge on any atom is -0.366 e. The van der Waals surface area contributed by atoms with E-state index >= 15 is 0 Å². The standard InChI is InChI=1S/C11H12FNO/c12-10-8(6-7-4-5-7)2-1-3-9(10)11(13)14/h1-3,7H,4-6H2,(H2,13,14). The third-order valence-corrected chi connectivity index (χ3v) is 2.55. The average molecular weight is 193 g/mol. The van der Waals surface area contributed by atoms with Crippen LogP contribution in [0.25, 0.3) is 0 Å². The molecular formula is C11H12FNO. The van der Waals surface area contributed by atoms with Crippen molar-refractivity contribution in [2.45, 2.75) is 19.3 Å². The van der Waals surface area contributed by atoms with E-state index in [0.29, 0.717) is 11.5 Å². The van der Waals surface area contributed by atoms with Gasteiger partial charge in [0.2, 0.25) is 0 Å². The lowest BCUT2D eigenvalue weighted by atomic mass is 10.0. The molecule has 0 radical (unpaired) electrons. The molecule has 2 N–H and O–H groups in total. The summed E-state index contributed by atoms with van der Waals surface area (Å²) in [6.07, 6.45) is 3.06. The van der Waals surface area contributed by atoms with Crippen molar-refractivity contribution in [2.75, 3.05) is 0 Å². The lowest BCUT2D eigenvalue weighted by molar-refractivity contribution is 0.0996. The molecule has 0 heterocycles. The molecule has 0 unspecified atom stereocenters. The fraction of sp³-hybridized carbons (Fsp3) is 0.364. The fourth-order valence-corrected chi connectivity index (χ4v) is 1.56. The van der Waals surface area contributed by atoms with Crippen LogP contribution in [0, 0.1) is 11.7 Å². The van der Waals surface area contributed by atoms with Gasteiger partial charge in [0, 0.05) is 0 Å². The Bertz CT molecular complexity index is 372. The third kappa shape index (κ3) is 1.76. The largest absolute Gasteiger partial charge is 0.366 e. The van der Waals surface area contributed by atoms with Crippen molar-refractivity contribution in [3.63, 3.8) is 0 Å². The van der Waals surface area contributed by atoms with Gasteiger partial charge < -0.3 is 5.73 Å². The number of halogens is 1. The number of hydrogen-bond donors (Lipinski definition) is 1. The SMILES string of the molecule is NC(=O)c1cccc(CC2CC2)c1F. The lowest BCUT2D eigenvalue weighted by Crippen LogP contribution is -2.14. The number of amides is 1. The molecule has 1 fully saturated rings. The maximum Gasteiger partial charge on any atom is 0.251 e. The smallest absolute Gasteiger partial charge is 0.251 e. The highest BCUT2D eigenvalue weighted by Gasteiger charge is 2.23. The van der Waals surface area contributed by atoms with E-state index in [-0.39, 0.29) is 5.56 Å². The minimum atomic E-state index is -0.694. The van der Waals surface area contributed by atoms with Crippen LogP contribution in [0.4, 0.5) is 4.39 Å². The number of benzene rings is 1. The summed E-state index contributed by atoms with van der Waals surface area (Å²) in [7, 11) is 0. The molecule has 1 aromatic carbocycles. The molecule has 0 spiro atoms. The number of nitrogens with two attached hydrogens (primary N) is 1. The number of hydrogen-bond acceptors (Lipinski definition) is 1. The normalized spacial score (nSPS) is 15.5. The van der Waals surface area contributed by atoms with Gasteiger partial charge in [-0.25, -0.2) is 4.39 Å². The van der Waals surface area contributed by atoms with Crippen LogP contribution in [0.15, 0.2) is 18.2 Å². The molecule has 2 rings (SSSR count). The second-order valence-corrected chi connectivity index (χ2v) is 3.79. The molecule has 1 saturated carbocycles. The van der Waals surface area contributed by atoms with E-state index < -0.39 is 11.7 Å². The van der Waals surface area contributed by atoms with Gasteiger partial charge in [-0.3, -0.25) is 4.79 Å². The van der Waals surface area contributed by atoms with Crippen LogP contribution in [0.3, 0.4) is 0 Å². The molecular weight excluding hydrogens is 181 g/mol. The van der Waals surface area contributed by atoms with Crippen molar-refractivity contribution in [2.24, 2.45) is 11.7 Å². The summed E-state index contributed by atoms with van der Waals surface area (Å²) in [5.41, 5.74) is 5.67. The van der Waals surface area contributed by atoms with E-state index in [1.165, 1.54) is 18.9 Å². The van der Waals surface area contributed by atoms with E-state index in [2.05, 4.69) is 0 Å². The molecule has 2 nitrogen and oxygen atoms in total.